The normalized spacial score (nSPS) is 11.4. The largest absolute Gasteiger partial charge is 0.459 e. The smallest absolute Gasteiger partial charge is 0.341 e. The molecule has 35 heavy (non-hydrogen) atoms. The number of para-hydroxylation sites is 1. The summed E-state index contributed by atoms with van der Waals surface area (Å²) >= 11 is 12.1. The van der Waals surface area contributed by atoms with Gasteiger partial charge in [0.25, 0.3) is 11.8 Å². The predicted molar refractivity (Wildman–Crippen MR) is 133 cm³/mol. The van der Waals surface area contributed by atoms with Crippen LogP contribution in [0.15, 0.2) is 95.6 Å². The zero-order valence-electron chi connectivity index (χ0n) is 18.0. The van der Waals surface area contributed by atoms with E-state index in [1.54, 1.807) is 54.6 Å². The number of benzene rings is 3. The molecule has 1 aromatic heterocycles. The SMILES string of the molecule is O=C(Nc1ccccc1C(=O)O[C@H](C(=O)Nc1cc(Cl)cc(Cl)c1)c1ccccc1)c1ccco1. The molecule has 7 nitrogen and oxygen atoms in total. The van der Waals surface area contributed by atoms with Gasteiger partial charge in [-0.1, -0.05) is 65.7 Å². The molecule has 0 aliphatic rings. The molecule has 0 bridgehead atoms. The Kier molecular flexibility index (Phi) is 7.50. The van der Waals surface area contributed by atoms with Gasteiger partial charge in [0.1, 0.15) is 0 Å². The Labute approximate surface area is 210 Å². The van der Waals surface area contributed by atoms with Crippen LogP contribution >= 0.6 is 23.2 Å². The van der Waals surface area contributed by atoms with Crippen molar-refractivity contribution in [3.63, 3.8) is 0 Å². The summed E-state index contributed by atoms with van der Waals surface area (Å²) < 4.78 is 10.7. The summed E-state index contributed by atoms with van der Waals surface area (Å²) in [6, 6.07) is 22.5. The topological polar surface area (TPSA) is 97.6 Å². The minimum atomic E-state index is -1.30. The molecule has 4 aromatic rings. The van der Waals surface area contributed by atoms with Crippen LogP contribution in [0, 0.1) is 0 Å². The van der Waals surface area contributed by atoms with E-state index in [0.29, 0.717) is 21.3 Å². The molecule has 176 valence electrons. The highest BCUT2D eigenvalue weighted by Gasteiger charge is 2.27. The van der Waals surface area contributed by atoms with Crippen LogP contribution in [0.5, 0.6) is 0 Å². The molecule has 3 aromatic carbocycles. The Morgan fingerprint density at radius 3 is 2.17 bits per heavy atom. The van der Waals surface area contributed by atoms with Crippen LogP contribution in [-0.2, 0) is 9.53 Å². The number of carbonyl (C=O) groups excluding carboxylic acids is 3. The summed E-state index contributed by atoms with van der Waals surface area (Å²) in [4.78, 5) is 38.7. The summed E-state index contributed by atoms with van der Waals surface area (Å²) in [5, 5.41) is 5.97. The maximum atomic E-state index is 13.2. The van der Waals surface area contributed by atoms with Gasteiger partial charge in [-0.2, -0.15) is 0 Å². The second-order valence-electron chi connectivity index (χ2n) is 7.32. The molecule has 1 heterocycles. The molecular formula is C26H18Cl2N2O5. The number of rotatable bonds is 7. The van der Waals surface area contributed by atoms with E-state index < -0.39 is 23.9 Å². The lowest BCUT2D eigenvalue weighted by Gasteiger charge is -2.19. The highest BCUT2D eigenvalue weighted by atomic mass is 35.5. The lowest BCUT2D eigenvalue weighted by atomic mass is 10.1. The second-order valence-corrected chi connectivity index (χ2v) is 8.19. The highest BCUT2D eigenvalue weighted by molar-refractivity contribution is 6.35. The molecule has 0 radical (unpaired) electrons. The number of amides is 2. The van der Waals surface area contributed by atoms with E-state index in [1.165, 1.54) is 36.6 Å². The van der Waals surface area contributed by atoms with Crippen LogP contribution in [0.4, 0.5) is 11.4 Å². The molecular weight excluding hydrogens is 491 g/mol. The monoisotopic (exact) mass is 508 g/mol. The third-order valence-corrected chi connectivity index (χ3v) is 5.27. The van der Waals surface area contributed by atoms with Crippen molar-refractivity contribution in [3.8, 4) is 0 Å². The van der Waals surface area contributed by atoms with Crippen LogP contribution < -0.4 is 10.6 Å². The van der Waals surface area contributed by atoms with E-state index in [2.05, 4.69) is 10.6 Å². The quantitative estimate of drug-likeness (QED) is 0.282. The van der Waals surface area contributed by atoms with Gasteiger partial charge in [-0.25, -0.2) is 4.79 Å². The van der Waals surface area contributed by atoms with Gasteiger partial charge < -0.3 is 19.8 Å². The van der Waals surface area contributed by atoms with Gasteiger partial charge in [0.05, 0.1) is 17.5 Å². The molecule has 0 aliphatic carbocycles. The molecule has 2 N–H and O–H groups in total. The van der Waals surface area contributed by atoms with Gasteiger partial charge in [0.2, 0.25) is 6.10 Å². The van der Waals surface area contributed by atoms with Gasteiger partial charge in [0.15, 0.2) is 5.76 Å². The first-order valence-electron chi connectivity index (χ1n) is 10.4. The first-order chi connectivity index (χ1) is 16.9. The van der Waals surface area contributed by atoms with E-state index in [4.69, 9.17) is 32.4 Å². The molecule has 0 fully saturated rings. The van der Waals surface area contributed by atoms with Gasteiger partial charge in [-0.05, 0) is 42.5 Å². The molecule has 2 amide bonds. The third-order valence-electron chi connectivity index (χ3n) is 4.84. The first-order valence-corrected chi connectivity index (χ1v) is 11.1. The number of anilines is 2. The Morgan fingerprint density at radius 1 is 0.800 bits per heavy atom. The number of halogens is 2. The van der Waals surface area contributed by atoms with Crippen molar-refractivity contribution in [1.82, 2.24) is 0 Å². The molecule has 9 heteroatoms. The molecule has 0 saturated carbocycles. The van der Waals surface area contributed by atoms with Crippen molar-refractivity contribution < 1.29 is 23.5 Å². The predicted octanol–water partition coefficient (Wildman–Crippen LogP) is 6.38. The second kappa shape index (κ2) is 10.9. The fourth-order valence-corrected chi connectivity index (χ4v) is 3.79. The third kappa shape index (κ3) is 6.09. The number of esters is 1. The van der Waals surface area contributed by atoms with Gasteiger partial charge in [-0.3, -0.25) is 9.59 Å². The number of ether oxygens (including phenoxy) is 1. The lowest BCUT2D eigenvalue weighted by molar-refractivity contribution is -0.125. The molecule has 0 unspecified atom stereocenters. The van der Waals surface area contributed by atoms with Crippen molar-refractivity contribution in [1.29, 1.82) is 0 Å². The Balaban J connectivity index is 1.59. The van der Waals surface area contributed by atoms with Crippen molar-refractivity contribution in [2.24, 2.45) is 0 Å². The number of carbonyl (C=O) groups is 3. The summed E-state index contributed by atoms with van der Waals surface area (Å²) in [6.07, 6.45) is 0.0703. The van der Waals surface area contributed by atoms with E-state index >= 15 is 0 Å². The maximum absolute atomic E-state index is 13.2. The minimum absolute atomic E-state index is 0.0620. The van der Waals surface area contributed by atoms with E-state index in [1.807, 2.05) is 0 Å². The van der Waals surface area contributed by atoms with Gasteiger partial charge in [-0.15, -0.1) is 0 Å². The molecule has 0 aliphatic heterocycles. The fraction of sp³-hybridized carbons (Fsp3) is 0.0385. The van der Waals surface area contributed by atoms with Crippen LogP contribution in [-0.4, -0.2) is 17.8 Å². The Morgan fingerprint density at radius 2 is 1.49 bits per heavy atom. The van der Waals surface area contributed by atoms with Crippen molar-refractivity contribution in [2.45, 2.75) is 6.10 Å². The minimum Gasteiger partial charge on any atom is -0.459 e. The average Bonchev–Trinajstić information content (AvgIpc) is 3.38. The van der Waals surface area contributed by atoms with E-state index in [0.717, 1.165) is 0 Å². The van der Waals surface area contributed by atoms with Crippen molar-refractivity contribution in [2.75, 3.05) is 10.6 Å². The zero-order chi connectivity index (χ0) is 24.8. The summed E-state index contributed by atoms with van der Waals surface area (Å²) in [7, 11) is 0. The first kappa shape index (κ1) is 24.1. The van der Waals surface area contributed by atoms with Crippen LogP contribution in [0.1, 0.15) is 32.6 Å². The average molecular weight is 509 g/mol. The standard InChI is InChI=1S/C26H18Cl2N2O5/c27-17-13-18(28)15-19(14-17)29-25(32)23(16-7-2-1-3-8-16)35-26(33)20-9-4-5-10-21(20)30-24(31)22-11-6-12-34-22/h1-15,23H,(H,29,32)(H,30,31)/t23-/m0/s1. The maximum Gasteiger partial charge on any atom is 0.341 e. The lowest BCUT2D eigenvalue weighted by Crippen LogP contribution is -2.26. The van der Waals surface area contributed by atoms with Crippen molar-refractivity contribution in [3.05, 3.63) is 118 Å². The molecule has 0 spiro atoms. The number of furan rings is 1. The van der Waals surface area contributed by atoms with Crippen LogP contribution in [0.3, 0.4) is 0 Å². The van der Waals surface area contributed by atoms with Crippen LogP contribution in [0.25, 0.3) is 0 Å². The summed E-state index contributed by atoms with van der Waals surface area (Å²) in [5.74, 6) is -1.88. The number of nitrogens with one attached hydrogen (secondary N) is 2. The van der Waals surface area contributed by atoms with Crippen molar-refractivity contribution >= 4 is 52.4 Å². The van der Waals surface area contributed by atoms with Crippen LogP contribution in [0.2, 0.25) is 10.0 Å². The van der Waals surface area contributed by atoms with Gasteiger partial charge in [0, 0.05) is 21.3 Å². The highest BCUT2D eigenvalue weighted by Crippen LogP contribution is 2.27. The summed E-state index contributed by atoms with van der Waals surface area (Å²) in [5.41, 5.74) is 1.05. The zero-order valence-corrected chi connectivity index (χ0v) is 19.5. The Hall–Kier alpha value is -4.07. The fourth-order valence-electron chi connectivity index (χ4n) is 3.27. The molecule has 0 saturated heterocycles. The Bertz CT molecular complexity index is 1340. The number of hydrogen-bond donors (Lipinski definition) is 2. The summed E-state index contributed by atoms with van der Waals surface area (Å²) in [6.45, 7) is 0. The van der Waals surface area contributed by atoms with E-state index in [9.17, 15) is 14.4 Å². The van der Waals surface area contributed by atoms with Gasteiger partial charge >= 0.3 is 5.97 Å². The molecule has 1 atom stereocenters. The number of hydrogen-bond acceptors (Lipinski definition) is 5. The van der Waals surface area contributed by atoms with E-state index in [-0.39, 0.29) is 17.0 Å². The molecule has 4 rings (SSSR count).